The van der Waals surface area contributed by atoms with Gasteiger partial charge in [-0.05, 0) is 31.3 Å². The third-order valence-corrected chi connectivity index (χ3v) is 2.95. The first-order chi connectivity index (χ1) is 10.6. The van der Waals surface area contributed by atoms with Crippen LogP contribution >= 0.6 is 12.2 Å². The number of quaternary nitrogens is 1. The molecule has 6 nitrogen and oxygen atoms in total. The number of ether oxygens (including phenoxy) is 1. The fourth-order valence-corrected chi connectivity index (χ4v) is 1.90. The lowest BCUT2D eigenvalue weighted by Crippen LogP contribution is -2.90. The number of aliphatic imine (C=N–C) groups is 1. The van der Waals surface area contributed by atoms with Gasteiger partial charge in [0.05, 0.1) is 17.5 Å². The summed E-state index contributed by atoms with van der Waals surface area (Å²) in [5.74, 6) is -0.418. The van der Waals surface area contributed by atoms with Crippen molar-refractivity contribution in [3.63, 3.8) is 0 Å². The normalized spacial score (nSPS) is 11.4. The van der Waals surface area contributed by atoms with Crippen molar-refractivity contribution in [1.29, 1.82) is 0 Å². The third-order valence-electron chi connectivity index (χ3n) is 2.86. The van der Waals surface area contributed by atoms with Gasteiger partial charge in [0.1, 0.15) is 6.54 Å². The second-order valence-electron chi connectivity index (χ2n) is 4.59. The molecular weight excluding hydrogens is 302 g/mol. The van der Waals surface area contributed by atoms with E-state index in [4.69, 9.17) is 4.74 Å². The molecule has 3 N–H and O–H groups in total. The summed E-state index contributed by atoms with van der Waals surface area (Å²) in [6.45, 7) is 4.35. The molecule has 0 radical (unpaired) electrons. The number of thiocarbonyl (C=S) groups is 1. The van der Waals surface area contributed by atoms with E-state index in [1.807, 2.05) is 19.1 Å². The topological polar surface area (TPSA) is 84.4 Å². The van der Waals surface area contributed by atoms with Crippen LogP contribution in [0.25, 0.3) is 0 Å². The Kier molecular flexibility index (Phi) is 8.17. The molecule has 0 saturated carbocycles. The summed E-state index contributed by atoms with van der Waals surface area (Å²) in [5.41, 5.74) is 1.69. The Morgan fingerprint density at radius 1 is 1.41 bits per heavy atom. The lowest BCUT2D eigenvalue weighted by atomic mass is 10.2. The van der Waals surface area contributed by atoms with E-state index in [2.05, 4.69) is 27.7 Å². The highest BCUT2D eigenvalue weighted by Crippen LogP contribution is 2.11. The van der Waals surface area contributed by atoms with E-state index in [0.29, 0.717) is 13.2 Å². The number of primary amides is 1. The molecule has 1 unspecified atom stereocenters. The molecule has 118 valence electrons. The molecule has 0 aromatic heterocycles. The van der Waals surface area contributed by atoms with Gasteiger partial charge >= 0.3 is 5.91 Å². The van der Waals surface area contributed by atoms with E-state index in [-0.39, 0.29) is 18.4 Å². The average Bonchev–Trinajstić information content (AvgIpc) is 2.50. The molecule has 1 aromatic rings. The maximum absolute atomic E-state index is 12.1. The minimum Gasteiger partial charge on any atom is -0.379 e. The Balaban J connectivity index is 2.57. The average molecular weight is 322 g/mol. The van der Waals surface area contributed by atoms with Crippen molar-refractivity contribution in [2.45, 2.75) is 26.4 Å². The van der Waals surface area contributed by atoms with E-state index in [0.717, 1.165) is 11.3 Å². The van der Waals surface area contributed by atoms with Gasteiger partial charge in [0.2, 0.25) is 5.91 Å². The first kappa shape index (κ1) is 18.1. The molecule has 0 fully saturated rings. The number of nitrogens with two attached hydrogens (primary N) is 1. The van der Waals surface area contributed by atoms with Crippen LogP contribution in [0.3, 0.4) is 0 Å². The molecule has 0 aliphatic rings. The van der Waals surface area contributed by atoms with Crippen molar-refractivity contribution in [3.8, 4) is 0 Å². The van der Waals surface area contributed by atoms with Gasteiger partial charge in [-0.25, -0.2) is 4.79 Å². The first-order valence-corrected chi connectivity index (χ1v) is 7.36. The molecule has 2 amide bonds. The summed E-state index contributed by atoms with van der Waals surface area (Å²) in [6.07, 6.45) is 0. The zero-order valence-corrected chi connectivity index (χ0v) is 13.5. The van der Waals surface area contributed by atoms with Gasteiger partial charge < -0.3 is 10.1 Å². The number of nitrogens with one attached hydrogen (secondary N) is 1. The summed E-state index contributed by atoms with van der Waals surface area (Å²) < 4.78 is 5.23. The van der Waals surface area contributed by atoms with Crippen LogP contribution in [-0.2, 0) is 20.9 Å². The second-order valence-corrected chi connectivity index (χ2v) is 4.78. The molecule has 1 aromatic carbocycles. The van der Waals surface area contributed by atoms with Gasteiger partial charge in [-0.15, -0.1) is 0 Å². The molecular formula is C15H20N3O3S+. The van der Waals surface area contributed by atoms with Crippen molar-refractivity contribution >= 4 is 34.9 Å². The van der Waals surface area contributed by atoms with Crippen molar-refractivity contribution < 1.29 is 19.6 Å². The number of hydrogen-bond acceptors (Lipinski definition) is 5. The molecule has 22 heavy (non-hydrogen) atoms. The molecule has 0 heterocycles. The molecule has 0 aliphatic carbocycles. The van der Waals surface area contributed by atoms with E-state index in [1.54, 1.807) is 17.4 Å². The van der Waals surface area contributed by atoms with Gasteiger partial charge in [0, 0.05) is 19.1 Å². The van der Waals surface area contributed by atoms with Gasteiger partial charge in [-0.2, -0.15) is 4.99 Å². The van der Waals surface area contributed by atoms with Gasteiger partial charge in [-0.1, -0.05) is 12.1 Å². The van der Waals surface area contributed by atoms with Crippen LogP contribution in [-0.4, -0.2) is 36.2 Å². The number of carbonyl (C=O) groups is 2. The number of carbonyl (C=O) groups excluding carboxylic acids is 2. The standard InChI is InChI=1S/C15H19N3O3S/c1-3-21-9-14(18-11(2)19)15(20)16-8-12-4-6-13(7-5-12)17-10-22/h4-7,14H,3,8-9H2,1-2H3,(H,16,20)(H,18,19)/p+1. The van der Waals surface area contributed by atoms with Crippen molar-refractivity contribution in [1.82, 2.24) is 5.32 Å². The number of rotatable bonds is 8. The molecule has 0 aliphatic heterocycles. The quantitative estimate of drug-likeness (QED) is 0.541. The van der Waals surface area contributed by atoms with E-state index in [1.165, 1.54) is 6.92 Å². The van der Waals surface area contributed by atoms with Crippen LogP contribution in [0.4, 0.5) is 5.69 Å². The van der Waals surface area contributed by atoms with Crippen LogP contribution in [0.5, 0.6) is 0 Å². The predicted octanol–water partition coefficient (Wildman–Crippen LogP) is 0.552. The van der Waals surface area contributed by atoms with Crippen molar-refractivity contribution in [2.75, 3.05) is 13.2 Å². The molecule has 1 atom stereocenters. The molecule has 0 spiro atoms. The molecule has 7 heteroatoms. The van der Waals surface area contributed by atoms with Gasteiger partial charge in [0.25, 0.3) is 0 Å². The number of hydrogen-bond donors (Lipinski definition) is 2. The maximum Gasteiger partial charge on any atom is 0.335 e. The lowest BCUT2D eigenvalue weighted by Gasteiger charge is -2.14. The highest BCUT2D eigenvalue weighted by atomic mass is 32.1. The highest BCUT2D eigenvalue weighted by molar-refractivity contribution is 7.78. The monoisotopic (exact) mass is 322 g/mol. The molecule has 1 rings (SSSR count). The predicted molar refractivity (Wildman–Crippen MR) is 85.9 cm³/mol. The van der Waals surface area contributed by atoms with Crippen LogP contribution in [0, 0.1) is 0 Å². The molecule has 0 bridgehead atoms. The minimum atomic E-state index is -0.642. The zero-order chi connectivity index (χ0) is 16.4. The van der Waals surface area contributed by atoms with Gasteiger partial charge in [-0.3, -0.25) is 10.1 Å². The smallest absolute Gasteiger partial charge is 0.335 e. The maximum atomic E-state index is 12.1. The largest absolute Gasteiger partial charge is 0.379 e. The Hall–Kier alpha value is -1.92. The van der Waals surface area contributed by atoms with Crippen LogP contribution in [0.1, 0.15) is 19.4 Å². The highest BCUT2D eigenvalue weighted by Gasteiger charge is 2.23. The van der Waals surface area contributed by atoms with E-state index in [9.17, 15) is 9.59 Å². The number of isothiocyanates is 1. The summed E-state index contributed by atoms with van der Waals surface area (Å²) in [5, 5.41) is 6.45. The van der Waals surface area contributed by atoms with E-state index < -0.39 is 6.04 Å². The Morgan fingerprint density at radius 2 is 2.09 bits per heavy atom. The van der Waals surface area contributed by atoms with Crippen molar-refractivity contribution in [2.24, 2.45) is 4.99 Å². The van der Waals surface area contributed by atoms with E-state index >= 15 is 0 Å². The third kappa shape index (κ3) is 6.69. The number of nitrogens with zero attached hydrogens (tertiary/aromatic N) is 1. The number of benzene rings is 1. The summed E-state index contributed by atoms with van der Waals surface area (Å²) in [7, 11) is 0. The van der Waals surface area contributed by atoms with Gasteiger partial charge in [0.15, 0.2) is 6.04 Å². The Labute approximate surface area is 135 Å². The lowest BCUT2D eigenvalue weighted by molar-refractivity contribution is -0.586. The Bertz CT molecular complexity index is 554. The minimum absolute atomic E-state index is 0.162. The summed E-state index contributed by atoms with van der Waals surface area (Å²) in [6, 6.07) is 6.70. The summed E-state index contributed by atoms with van der Waals surface area (Å²) in [4.78, 5) is 27.1. The van der Waals surface area contributed by atoms with Crippen LogP contribution < -0.4 is 10.6 Å². The first-order valence-electron chi connectivity index (χ1n) is 6.95. The molecule has 0 saturated heterocycles. The van der Waals surface area contributed by atoms with Crippen LogP contribution in [0.15, 0.2) is 29.3 Å². The van der Waals surface area contributed by atoms with Crippen LogP contribution in [0.2, 0.25) is 0 Å². The second kappa shape index (κ2) is 9.92. The summed E-state index contributed by atoms with van der Waals surface area (Å²) >= 11 is 4.54. The fraction of sp³-hybridized carbons (Fsp3) is 0.400. The SMILES string of the molecule is CCOCC(NC(C)=O)C(=O)[NH2+]Cc1ccc(N=C=S)cc1. The Morgan fingerprint density at radius 3 is 2.64 bits per heavy atom. The zero-order valence-electron chi connectivity index (χ0n) is 12.7. The number of amides is 2. The van der Waals surface area contributed by atoms with Crippen molar-refractivity contribution in [3.05, 3.63) is 29.8 Å². The fourth-order valence-electron chi connectivity index (χ4n) is 1.80.